The first-order valence-electron chi connectivity index (χ1n) is 4.85. The van der Waals surface area contributed by atoms with Gasteiger partial charge in [-0.3, -0.25) is 0 Å². The molecule has 0 spiro atoms. The Hall–Kier alpha value is -0.310. The third kappa shape index (κ3) is 4.37. The summed E-state index contributed by atoms with van der Waals surface area (Å²) in [6.45, 7) is 2.12. The summed E-state index contributed by atoms with van der Waals surface area (Å²) in [6, 6.07) is 4.63. The van der Waals surface area contributed by atoms with Gasteiger partial charge >= 0.3 is 0 Å². The Bertz CT molecular complexity index is 305. The Kier molecular flexibility index (Phi) is 6.90. The van der Waals surface area contributed by atoms with Crippen LogP contribution >= 0.6 is 24.0 Å². The van der Waals surface area contributed by atoms with Crippen LogP contribution in [0, 0.1) is 5.82 Å². The van der Waals surface area contributed by atoms with Crippen LogP contribution in [0.1, 0.15) is 37.8 Å². The average Bonchev–Trinajstić information content (AvgIpc) is 2.18. The number of rotatable bonds is 4. The maximum atomic E-state index is 12.8. The fraction of sp³-hybridized carbons (Fsp3) is 0.455. The van der Waals surface area contributed by atoms with E-state index in [4.69, 9.17) is 17.3 Å². The molecule has 0 unspecified atom stereocenters. The molecule has 1 aromatic rings. The van der Waals surface area contributed by atoms with Gasteiger partial charge in [-0.15, -0.1) is 12.4 Å². The van der Waals surface area contributed by atoms with Gasteiger partial charge in [-0.2, -0.15) is 0 Å². The van der Waals surface area contributed by atoms with Crippen LogP contribution in [0.4, 0.5) is 4.39 Å². The lowest BCUT2D eigenvalue weighted by Gasteiger charge is -2.11. The topological polar surface area (TPSA) is 26.0 Å². The second-order valence-corrected chi connectivity index (χ2v) is 3.83. The van der Waals surface area contributed by atoms with Gasteiger partial charge in [0.15, 0.2) is 0 Å². The quantitative estimate of drug-likeness (QED) is 0.858. The number of benzene rings is 1. The van der Waals surface area contributed by atoms with Crippen LogP contribution in [0.5, 0.6) is 0 Å². The van der Waals surface area contributed by atoms with Gasteiger partial charge in [-0.1, -0.05) is 37.4 Å². The lowest BCUT2D eigenvalue weighted by Crippen LogP contribution is -2.10. The van der Waals surface area contributed by atoms with Crippen molar-refractivity contribution in [3.8, 4) is 0 Å². The molecule has 0 saturated carbocycles. The van der Waals surface area contributed by atoms with Gasteiger partial charge < -0.3 is 5.73 Å². The summed E-state index contributed by atoms with van der Waals surface area (Å²) in [6.07, 6.45) is 3.11. The van der Waals surface area contributed by atoms with Crippen molar-refractivity contribution in [1.82, 2.24) is 0 Å². The van der Waals surface area contributed by atoms with Gasteiger partial charge in [0.05, 0.1) is 5.02 Å². The normalized spacial score (nSPS) is 12.0. The van der Waals surface area contributed by atoms with Gasteiger partial charge in [0.2, 0.25) is 0 Å². The molecule has 15 heavy (non-hydrogen) atoms. The molecule has 4 heteroatoms. The fourth-order valence-electron chi connectivity index (χ4n) is 1.33. The summed E-state index contributed by atoms with van der Waals surface area (Å²) < 4.78 is 12.8. The Morgan fingerprint density at radius 3 is 2.67 bits per heavy atom. The third-order valence-corrected chi connectivity index (χ3v) is 2.53. The maximum absolute atomic E-state index is 12.8. The number of halogens is 3. The van der Waals surface area contributed by atoms with Crippen LogP contribution in [0.2, 0.25) is 5.02 Å². The van der Waals surface area contributed by atoms with E-state index in [-0.39, 0.29) is 23.5 Å². The lowest BCUT2D eigenvalue weighted by molar-refractivity contribution is 0.597. The van der Waals surface area contributed by atoms with Crippen LogP contribution in [-0.2, 0) is 0 Å². The lowest BCUT2D eigenvalue weighted by atomic mass is 10.0. The molecule has 1 atom stereocenters. The number of hydrogen-bond donors (Lipinski definition) is 1. The average molecular weight is 252 g/mol. The van der Waals surface area contributed by atoms with Crippen molar-refractivity contribution in [2.75, 3.05) is 0 Å². The van der Waals surface area contributed by atoms with E-state index in [1.807, 2.05) is 0 Å². The molecule has 0 aliphatic heterocycles. The van der Waals surface area contributed by atoms with E-state index >= 15 is 0 Å². The molecule has 2 N–H and O–H groups in total. The highest BCUT2D eigenvalue weighted by Crippen LogP contribution is 2.22. The molecule has 1 nitrogen and oxygen atoms in total. The molecule has 1 rings (SSSR count). The van der Waals surface area contributed by atoms with Crippen molar-refractivity contribution in [1.29, 1.82) is 0 Å². The van der Waals surface area contributed by atoms with Crippen molar-refractivity contribution in [2.45, 2.75) is 32.2 Å². The zero-order chi connectivity index (χ0) is 10.6. The van der Waals surface area contributed by atoms with E-state index in [1.54, 1.807) is 12.1 Å². The number of nitrogens with two attached hydrogens (primary N) is 1. The Morgan fingerprint density at radius 1 is 1.47 bits per heavy atom. The minimum atomic E-state index is -0.391. The molecule has 0 bridgehead atoms. The first kappa shape index (κ1) is 14.7. The molecule has 86 valence electrons. The summed E-state index contributed by atoms with van der Waals surface area (Å²) in [5.74, 6) is -0.391. The van der Waals surface area contributed by atoms with E-state index < -0.39 is 5.82 Å². The minimum absolute atomic E-state index is 0. The monoisotopic (exact) mass is 251 g/mol. The van der Waals surface area contributed by atoms with Crippen molar-refractivity contribution in [3.05, 3.63) is 34.6 Å². The Morgan fingerprint density at radius 2 is 2.13 bits per heavy atom. The Labute approximate surface area is 101 Å². The molecule has 0 radical (unpaired) electrons. The van der Waals surface area contributed by atoms with E-state index in [0.29, 0.717) is 0 Å². The smallest absolute Gasteiger partial charge is 0.141 e. The molecule has 0 saturated heterocycles. The molecule has 0 fully saturated rings. The SMILES string of the molecule is CCCC[C@@H](N)c1ccc(F)c(Cl)c1.Cl. The van der Waals surface area contributed by atoms with Crippen LogP contribution in [-0.4, -0.2) is 0 Å². The number of unbranched alkanes of at least 4 members (excludes halogenated alkanes) is 1. The largest absolute Gasteiger partial charge is 0.324 e. The van der Waals surface area contributed by atoms with Crippen LogP contribution in [0.3, 0.4) is 0 Å². The third-order valence-electron chi connectivity index (χ3n) is 2.24. The predicted molar refractivity (Wildman–Crippen MR) is 65.1 cm³/mol. The van der Waals surface area contributed by atoms with Crippen LogP contribution < -0.4 is 5.73 Å². The fourth-order valence-corrected chi connectivity index (χ4v) is 1.52. The summed E-state index contributed by atoms with van der Waals surface area (Å²) in [5.41, 5.74) is 6.83. The molecular weight excluding hydrogens is 236 g/mol. The number of hydrogen-bond acceptors (Lipinski definition) is 1. The molecule has 0 aromatic heterocycles. The molecule has 0 heterocycles. The van der Waals surface area contributed by atoms with Gasteiger partial charge in [0.1, 0.15) is 5.82 Å². The van der Waals surface area contributed by atoms with Crippen LogP contribution in [0.15, 0.2) is 18.2 Å². The van der Waals surface area contributed by atoms with Crippen molar-refractivity contribution in [3.63, 3.8) is 0 Å². The predicted octanol–water partition coefficient (Wildman–Crippen LogP) is 4.09. The van der Waals surface area contributed by atoms with Gasteiger partial charge in [0, 0.05) is 6.04 Å². The summed E-state index contributed by atoms with van der Waals surface area (Å²) in [4.78, 5) is 0. The van der Waals surface area contributed by atoms with E-state index in [1.165, 1.54) is 6.07 Å². The highest BCUT2D eigenvalue weighted by atomic mass is 35.5. The molecule has 0 aliphatic carbocycles. The Balaban J connectivity index is 0.00000196. The molecule has 1 aromatic carbocycles. The van der Waals surface area contributed by atoms with E-state index in [0.717, 1.165) is 24.8 Å². The van der Waals surface area contributed by atoms with E-state index in [2.05, 4.69) is 6.92 Å². The first-order chi connectivity index (χ1) is 6.65. The van der Waals surface area contributed by atoms with Crippen molar-refractivity contribution in [2.24, 2.45) is 5.73 Å². The zero-order valence-electron chi connectivity index (χ0n) is 8.67. The zero-order valence-corrected chi connectivity index (χ0v) is 10.2. The van der Waals surface area contributed by atoms with Gasteiger partial charge in [-0.05, 0) is 24.1 Å². The minimum Gasteiger partial charge on any atom is -0.324 e. The van der Waals surface area contributed by atoms with Crippen molar-refractivity contribution >= 4 is 24.0 Å². The maximum Gasteiger partial charge on any atom is 0.141 e. The highest BCUT2D eigenvalue weighted by Gasteiger charge is 2.07. The second-order valence-electron chi connectivity index (χ2n) is 3.42. The summed E-state index contributed by atoms with van der Waals surface area (Å²) in [7, 11) is 0. The molecular formula is C11H16Cl2FN. The summed E-state index contributed by atoms with van der Waals surface area (Å²) >= 11 is 5.66. The standard InChI is InChI=1S/C11H15ClFN.ClH/c1-2-3-4-11(14)8-5-6-10(13)9(12)7-8;/h5-7,11H,2-4,14H2,1H3;1H/t11-;/m1./s1. The first-order valence-corrected chi connectivity index (χ1v) is 5.23. The van der Waals surface area contributed by atoms with E-state index in [9.17, 15) is 4.39 Å². The summed E-state index contributed by atoms with van der Waals surface area (Å²) in [5, 5.41) is 0.148. The van der Waals surface area contributed by atoms with Crippen LogP contribution in [0.25, 0.3) is 0 Å². The molecule has 0 aliphatic rings. The van der Waals surface area contributed by atoms with Gasteiger partial charge in [0.25, 0.3) is 0 Å². The van der Waals surface area contributed by atoms with Gasteiger partial charge in [-0.25, -0.2) is 4.39 Å². The highest BCUT2D eigenvalue weighted by molar-refractivity contribution is 6.30. The second kappa shape index (κ2) is 7.04. The molecule has 0 amide bonds. The van der Waals surface area contributed by atoms with Crippen molar-refractivity contribution < 1.29 is 4.39 Å².